The van der Waals surface area contributed by atoms with E-state index < -0.39 is 12.6 Å². The fourth-order valence-corrected chi connectivity index (χ4v) is 4.07. The van der Waals surface area contributed by atoms with Crippen LogP contribution < -0.4 is 19.9 Å². The second-order valence-electron chi connectivity index (χ2n) is 7.97. The Hall–Kier alpha value is -3.65. The van der Waals surface area contributed by atoms with Gasteiger partial charge < -0.3 is 29.2 Å². The molecule has 1 atom stereocenters. The standard InChI is InChI=1S/C25H25ClN2O6/c1-14-8-17(15(2)28(14)11-16-12-32-22-6-4-5-7-23(22)34-16)21(29)13-33-25(30)18-9-19(26)20(27)10-24(18)31-3/h4-10,16H,11-13,27H2,1-3H3/t16-/m0/s1. The first-order valence-electron chi connectivity index (χ1n) is 10.7. The van der Waals surface area contributed by atoms with Crippen LogP contribution in [0.25, 0.3) is 0 Å². The summed E-state index contributed by atoms with van der Waals surface area (Å²) < 4.78 is 24.3. The van der Waals surface area contributed by atoms with E-state index in [4.69, 9.17) is 36.3 Å². The predicted octanol–water partition coefficient (Wildman–Crippen LogP) is 4.23. The third-order valence-electron chi connectivity index (χ3n) is 5.70. The Morgan fingerprint density at radius 1 is 1.15 bits per heavy atom. The Bertz CT molecular complexity index is 1250. The smallest absolute Gasteiger partial charge is 0.342 e. The summed E-state index contributed by atoms with van der Waals surface area (Å²) in [6.45, 7) is 4.25. The highest BCUT2D eigenvalue weighted by Gasteiger charge is 2.25. The van der Waals surface area contributed by atoms with Crippen LogP contribution in [0, 0.1) is 13.8 Å². The zero-order valence-electron chi connectivity index (χ0n) is 19.1. The van der Waals surface area contributed by atoms with E-state index in [1.165, 1.54) is 19.2 Å². The van der Waals surface area contributed by atoms with Gasteiger partial charge in [-0.1, -0.05) is 23.7 Å². The van der Waals surface area contributed by atoms with Crippen molar-refractivity contribution in [1.29, 1.82) is 0 Å². The zero-order valence-corrected chi connectivity index (χ0v) is 19.8. The third-order valence-corrected chi connectivity index (χ3v) is 6.03. The summed E-state index contributed by atoms with van der Waals surface area (Å²) in [5.74, 6) is 0.583. The van der Waals surface area contributed by atoms with Crippen LogP contribution in [0.3, 0.4) is 0 Å². The Balaban J connectivity index is 1.43. The van der Waals surface area contributed by atoms with Crippen LogP contribution >= 0.6 is 11.6 Å². The maximum absolute atomic E-state index is 12.9. The van der Waals surface area contributed by atoms with Crippen molar-refractivity contribution < 1.29 is 28.5 Å². The molecule has 1 aliphatic rings. The van der Waals surface area contributed by atoms with Crippen LogP contribution in [0.2, 0.25) is 5.02 Å². The van der Waals surface area contributed by atoms with Gasteiger partial charge in [-0.2, -0.15) is 0 Å². The predicted molar refractivity (Wildman–Crippen MR) is 127 cm³/mol. The van der Waals surface area contributed by atoms with E-state index in [1.54, 1.807) is 6.07 Å². The van der Waals surface area contributed by atoms with Crippen LogP contribution in [0.1, 0.15) is 32.1 Å². The van der Waals surface area contributed by atoms with Crippen molar-refractivity contribution in [3.05, 3.63) is 70.0 Å². The fourth-order valence-electron chi connectivity index (χ4n) is 3.91. The number of aromatic nitrogens is 1. The second kappa shape index (κ2) is 9.69. The van der Waals surface area contributed by atoms with Gasteiger partial charge in [-0.15, -0.1) is 0 Å². The lowest BCUT2D eigenvalue weighted by atomic mass is 10.1. The molecule has 0 saturated carbocycles. The number of aryl methyl sites for hydroxylation is 1. The van der Waals surface area contributed by atoms with E-state index in [0.29, 0.717) is 24.5 Å². The van der Waals surface area contributed by atoms with Gasteiger partial charge in [0.2, 0.25) is 5.78 Å². The highest BCUT2D eigenvalue weighted by molar-refractivity contribution is 6.33. The quantitative estimate of drug-likeness (QED) is 0.304. The molecule has 3 aromatic rings. The molecule has 0 radical (unpaired) electrons. The van der Waals surface area contributed by atoms with Crippen molar-refractivity contribution in [3.8, 4) is 17.2 Å². The number of nitrogens with two attached hydrogens (primary N) is 1. The number of carbonyl (C=O) groups excluding carboxylic acids is 2. The van der Waals surface area contributed by atoms with E-state index in [9.17, 15) is 9.59 Å². The molecule has 9 heteroatoms. The van der Waals surface area contributed by atoms with Gasteiger partial charge in [-0.05, 0) is 38.1 Å². The molecule has 1 aliphatic heterocycles. The van der Waals surface area contributed by atoms with Gasteiger partial charge in [0.15, 0.2) is 24.2 Å². The lowest BCUT2D eigenvalue weighted by Gasteiger charge is -2.27. The number of rotatable bonds is 7. The normalized spacial score (nSPS) is 14.5. The molecule has 1 aromatic heterocycles. The largest absolute Gasteiger partial charge is 0.496 e. The summed E-state index contributed by atoms with van der Waals surface area (Å²) in [7, 11) is 1.40. The minimum absolute atomic E-state index is 0.0923. The molecule has 8 nitrogen and oxygen atoms in total. The minimum Gasteiger partial charge on any atom is -0.496 e. The molecule has 0 bridgehead atoms. The molecular weight excluding hydrogens is 460 g/mol. The third kappa shape index (κ3) is 4.68. The first-order chi connectivity index (χ1) is 16.3. The Labute approximate surface area is 202 Å². The summed E-state index contributed by atoms with van der Waals surface area (Å²) in [6.07, 6.45) is -0.205. The average Bonchev–Trinajstić information content (AvgIpc) is 3.12. The number of carbonyl (C=O) groups is 2. The molecule has 4 rings (SSSR count). The molecule has 0 fully saturated rings. The van der Waals surface area contributed by atoms with Gasteiger partial charge in [-0.3, -0.25) is 4.79 Å². The molecule has 0 unspecified atom stereocenters. The highest BCUT2D eigenvalue weighted by atomic mass is 35.5. The van der Waals surface area contributed by atoms with Gasteiger partial charge in [-0.25, -0.2) is 4.79 Å². The monoisotopic (exact) mass is 484 g/mol. The van der Waals surface area contributed by atoms with Crippen LogP contribution in [0.5, 0.6) is 17.2 Å². The van der Waals surface area contributed by atoms with Crippen molar-refractivity contribution in [2.45, 2.75) is 26.5 Å². The summed E-state index contributed by atoms with van der Waals surface area (Å²) in [6, 6.07) is 12.1. The van der Waals surface area contributed by atoms with E-state index in [-0.39, 0.29) is 33.9 Å². The molecule has 2 heterocycles. The van der Waals surface area contributed by atoms with Gasteiger partial charge in [0.05, 0.1) is 24.4 Å². The number of Topliss-reactive ketones (excluding diaryl/α,β-unsaturated/α-hetero) is 1. The first-order valence-corrected chi connectivity index (χ1v) is 11.0. The number of hydrogen-bond acceptors (Lipinski definition) is 7. The van der Waals surface area contributed by atoms with Crippen molar-refractivity contribution >= 4 is 29.0 Å². The molecule has 2 aromatic carbocycles. The van der Waals surface area contributed by atoms with E-state index in [2.05, 4.69) is 0 Å². The number of ketones is 1. The number of nitrogens with zero attached hydrogens (tertiary/aromatic N) is 1. The number of esters is 1. The Morgan fingerprint density at radius 2 is 1.88 bits per heavy atom. The number of para-hydroxylation sites is 2. The van der Waals surface area contributed by atoms with Crippen molar-refractivity contribution in [1.82, 2.24) is 4.57 Å². The minimum atomic E-state index is -0.729. The van der Waals surface area contributed by atoms with Gasteiger partial charge in [0.25, 0.3) is 0 Å². The van der Waals surface area contributed by atoms with E-state index >= 15 is 0 Å². The maximum atomic E-state index is 12.9. The lowest BCUT2D eigenvalue weighted by Crippen LogP contribution is -2.33. The van der Waals surface area contributed by atoms with Crippen LogP contribution in [-0.2, 0) is 11.3 Å². The highest BCUT2D eigenvalue weighted by Crippen LogP contribution is 2.32. The lowest BCUT2D eigenvalue weighted by molar-refractivity contribution is 0.0471. The number of anilines is 1. The number of benzene rings is 2. The molecular formula is C25H25ClN2O6. The molecule has 34 heavy (non-hydrogen) atoms. The summed E-state index contributed by atoms with van der Waals surface area (Å²) in [5.41, 5.74) is 8.24. The Kier molecular flexibility index (Phi) is 6.70. The van der Waals surface area contributed by atoms with Gasteiger partial charge in [0.1, 0.15) is 17.9 Å². The van der Waals surface area contributed by atoms with Gasteiger partial charge in [0, 0.05) is 23.0 Å². The average molecular weight is 485 g/mol. The first kappa shape index (κ1) is 23.5. The summed E-state index contributed by atoms with van der Waals surface area (Å²) in [4.78, 5) is 25.4. The molecule has 0 aliphatic carbocycles. The number of halogens is 1. The fraction of sp³-hybridized carbons (Fsp3) is 0.280. The number of methoxy groups -OCH3 is 1. The molecule has 0 spiro atoms. The second-order valence-corrected chi connectivity index (χ2v) is 8.37. The molecule has 2 N–H and O–H groups in total. The summed E-state index contributed by atoms with van der Waals surface area (Å²) in [5, 5.41) is 0.194. The topological polar surface area (TPSA) is 102 Å². The Morgan fingerprint density at radius 3 is 2.62 bits per heavy atom. The zero-order chi connectivity index (χ0) is 24.4. The van der Waals surface area contributed by atoms with Crippen LogP contribution in [0.15, 0.2) is 42.5 Å². The van der Waals surface area contributed by atoms with E-state index in [0.717, 1.165) is 17.1 Å². The van der Waals surface area contributed by atoms with Crippen LogP contribution in [-0.4, -0.2) is 42.7 Å². The van der Waals surface area contributed by atoms with Crippen LogP contribution in [0.4, 0.5) is 5.69 Å². The molecule has 178 valence electrons. The number of hydrogen-bond donors (Lipinski definition) is 1. The SMILES string of the molecule is COc1cc(N)c(Cl)cc1C(=O)OCC(=O)c1cc(C)n(C[C@H]2COc3ccccc3O2)c1C. The van der Waals surface area contributed by atoms with E-state index in [1.807, 2.05) is 42.7 Å². The number of nitrogen functional groups attached to an aromatic ring is 1. The van der Waals surface area contributed by atoms with Crippen molar-refractivity contribution in [2.75, 3.05) is 26.1 Å². The number of ether oxygens (including phenoxy) is 4. The maximum Gasteiger partial charge on any atom is 0.342 e. The molecule has 0 saturated heterocycles. The summed E-state index contributed by atoms with van der Waals surface area (Å²) >= 11 is 6.02. The van der Waals surface area contributed by atoms with Gasteiger partial charge >= 0.3 is 5.97 Å². The molecule has 0 amide bonds. The van der Waals surface area contributed by atoms with Crippen molar-refractivity contribution in [3.63, 3.8) is 0 Å². The number of fused-ring (bicyclic) bond motifs is 1. The van der Waals surface area contributed by atoms with Crippen molar-refractivity contribution in [2.24, 2.45) is 0 Å².